The molecule has 4 aromatic rings. The maximum Gasteiger partial charge on any atom is 0.503 e. The molecule has 0 unspecified atom stereocenters. The predicted molar refractivity (Wildman–Crippen MR) is 137 cm³/mol. The summed E-state index contributed by atoms with van der Waals surface area (Å²) in [6, 6.07) is 12.4. The summed E-state index contributed by atoms with van der Waals surface area (Å²) in [4.78, 5) is 31.4. The summed E-state index contributed by atoms with van der Waals surface area (Å²) in [7, 11) is 3.10. The van der Waals surface area contributed by atoms with Crippen LogP contribution < -0.4 is 16.9 Å². The van der Waals surface area contributed by atoms with Crippen molar-refractivity contribution in [3.8, 4) is 22.3 Å². The van der Waals surface area contributed by atoms with Crippen molar-refractivity contribution in [2.75, 3.05) is 13.7 Å². The fourth-order valence-corrected chi connectivity index (χ4v) is 4.06. The first-order valence-corrected chi connectivity index (χ1v) is 11.2. The van der Waals surface area contributed by atoms with Crippen LogP contribution in [0.3, 0.4) is 0 Å². The summed E-state index contributed by atoms with van der Waals surface area (Å²) >= 11 is 0. The Balaban J connectivity index is 1.99. The van der Waals surface area contributed by atoms with Gasteiger partial charge in [0.1, 0.15) is 5.52 Å². The highest BCUT2D eigenvalue weighted by molar-refractivity contribution is 6.11. The van der Waals surface area contributed by atoms with Gasteiger partial charge in [0.25, 0.3) is 11.1 Å². The summed E-state index contributed by atoms with van der Waals surface area (Å²) in [5.41, 5.74) is 7.82. The molecule has 3 aromatic heterocycles. The van der Waals surface area contributed by atoms with E-state index in [1.54, 1.807) is 31.1 Å². The number of nitrogens with one attached hydrogen (secondary N) is 1. The molecule has 0 aliphatic heterocycles. The van der Waals surface area contributed by atoms with E-state index < -0.39 is 11.9 Å². The molecule has 3 N–H and O–H groups in total. The van der Waals surface area contributed by atoms with E-state index in [4.69, 9.17) is 10.5 Å². The maximum absolute atomic E-state index is 13.0. The third-order valence-electron chi connectivity index (χ3n) is 5.84. The monoisotopic (exact) mass is 511 g/mol. The number of aryl methyl sites for hydroxylation is 1. The van der Waals surface area contributed by atoms with Gasteiger partial charge < -0.3 is 24.6 Å². The third-order valence-corrected chi connectivity index (χ3v) is 5.84. The van der Waals surface area contributed by atoms with E-state index in [1.807, 2.05) is 30.3 Å². The number of aliphatic imine (C=N–C) groups is 1. The zero-order valence-electron chi connectivity index (χ0n) is 20.0. The minimum Gasteiger partial charge on any atom is -0.404 e. The number of hydrogen-bond acceptors (Lipinski definition) is 5. The van der Waals surface area contributed by atoms with Gasteiger partial charge >= 0.3 is 6.30 Å². The van der Waals surface area contributed by atoms with Gasteiger partial charge in [-0.25, -0.2) is 0 Å². The number of aromatic nitrogens is 3. The van der Waals surface area contributed by atoms with Crippen molar-refractivity contribution in [2.24, 2.45) is 17.8 Å². The molecule has 3 heterocycles. The van der Waals surface area contributed by atoms with Gasteiger partial charge in [-0.05, 0) is 17.2 Å². The Labute approximate surface area is 209 Å². The van der Waals surface area contributed by atoms with Crippen molar-refractivity contribution in [2.45, 2.75) is 12.8 Å². The lowest BCUT2D eigenvalue weighted by Crippen LogP contribution is -2.22. The zero-order chi connectivity index (χ0) is 26.7. The molecule has 37 heavy (non-hydrogen) atoms. The summed E-state index contributed by atoms with van der Waals surface area (Å²) in [5, 5.41) is 0.420. The number of pyridine rings is 2. The second kappa shape index (κ2) is 10.3. The number of methoxy groups -OCH3 is 1. The number of H-pyrrole nitrogens is 1. The average molecular weight is 512 g/mol. The molecule has 192 valence electrons. The van der Waals surface area contributed by atoms with Crippen LogP contribution in [0.4, 0.5) is 13.2 Å². The number of fused-ring (bicyclic) bond motifs is 1. The van der Waals surface area contributed by atoms with Crippen LogP contribution in [0.1, 0.15) is 5.69 Å². The van der Waals surface area contributed by atoms with Crippen LogP contribution in [0, 0.1) is 0 Å². The number of allylic oxidation sites excluding steroid dienone is 1. The largest absolute Gasteiger partial charge is 0.503 e. The zero-order valence-corrected chi connectivity index (χ0v) is 20.0. The second-order valence-corrected chi connectivity index (χ2v) is 8.27. The van der Waals surface area contributed by atoms with Crippen LogP contribution >= 0.6 is 0 Å². The van der Waals surface area contributed by atoms with Crippen molar-refractivity contribution in [3.05, 3.63) is 87.5 Å². The van der Waals surface area contributed by atoms with Crippen molar-refractivity contribution in [3.63, 3.8) is 0 Å². The van der Waals surface area contributed by atoms with E-state index in [9.17, 15) is 22.8 Å². The lowest BCUT2D eigenvalue weighted by atomic mass is 9.95. The molecule has 4 rings (SSSR count). The molecule has 0 saturated carbocycles. The van der Waals surface area contributed by atoms with Gasteiger partial charge in [-0.3, -0.25) is 9.59 Å². The van der Waals surface area contributed by atoms with Crippen molar-refractivity contribution in [1.29, 1.82) is 0 Å². The standard InChI is InChI=1S/C26H24F3N5O3/c1-33-14-21(19-10-22(32-24(19)25(33)36)17(12-30)13-31-26(27,28)29)18-11-23(35)34(8-9-37-2)15-20(18)16-6-4-3-5-7-16/h3-7,10-15,32H,8-9,30H2,1-2H3/b17-12+,31-13+. The second-order valence-electron chi connectivity index (χ2n) is 8.27. The number of aromatic amines is 1. The SMILES string of the molecule is COCCn1cc(-c2ccccc2)c(-c2cn(C)c(=O)c3[nH]c(C(=C/N)/C=N/C(F)(F)F)cc23)cc1=O. The number of hydrogen-bond donors (Lipinski definition) is 2. The Bertz CT molecular complexity index is 1610. The lowest BCUT2D eigenvalue weighted by Gasteiger charge is -2.15. The first-order valence-electron chi connectivity index (χ1n) is 11.2. The maximum atomic E-state index is 13.0. The van der Waals surface area contributed by atoms with E-state index in [0.717, 1.165) is 17.3 Å². The quantitative estimate of drug-likeness (QED) is 0.290. The highest BCUT2D eigenvalue weighted by Gasteiger charge is 2.25. The number of rotatable bonds is 7. The van der Waals surface area contributed by atoms with Crippen molar-refractivity contribution in [1.82, 2.24) is 14.1 Å². The Morgan fingerprint density at radius 3 is 2.49 bits per heavy atom. The Morgan fingerprint density at radius 1 is 1.11 bits per heavy atom. The first kappa shape index (κ1) is 25.7. The highest BCUT2D eigenvalue weighted by atomic mass is 19.4. The van der Waals surface area contributed by atoms with Gasteiger partial charge in [0, 0.05) is 79.4 Å². The number of nitrogens with zero attached hydrogens (tertiary/aromatic N) is 3. The molecule has 0 aliphatic carbocycles. The molecule has 0 aliphatic rings. The molecule has 0 saturated heterocycles. The minimum absolute atomic E-state index is 0.0557. The van der Waals surface area contributed by atoms with Crippen LogP contribution in [-0.2, 0) is 18.3 Å². The smallest absolute Gasteiger partial charge is 0.404 e. The summed E-state index contributed by atoms with van der Waals surface area (Å²) < 4.78 is 46.0. The Morgan fingerprint density at radius 2 is 1.84 bits per heavy atom. The Hall–Kier alpha value is -4.38. The van der Waals surface area contributed by atoms with E-state index in [-0.39, 0.29) is 22.3 Å². The van der Waals surface area contributed by atoms with Gasteiger partial charge in [-0.2, -0.15) is 4.99 Å². The molecule has 1 aromatic carbocycles. The topological polar surface area (TPSA) is 107 Å². The van der Waals surface area contributed by atoms with Crippen molar-refractivity contribution >= 4 is 22.7 Å². The predicted octanol–water partition coefficient (Wildman–Crippen LogP) is 3.90. The van der Waals surface area contributed by atoms with Gasteiger partial charge in [-0.15, -0.1) is 13.2 Å². The molecule has 0 fully saturated rings. The average Bonchev–Trinajstić information content (AvgIpc) is 3.31. The molecule has 0 radical (unpaired) electrons. The lowest BCUT2D eigenvalue weighted by molar-refractivity contribution is -0.118. The molecular formula is C26H24F3N5O3. The molecule has 8 nitrogen and oxygen atoms in total. The van der Waals surface area contributed by atoms with Crippen molar-refractivity contribution < 1.29 is 17.9 Å². The van der Waals surface area contributed by atoms with Gasteiger partial charge in [0.2, 0.25) is 0 Å². The van der Waals surface area contributed by atoms with Crippen LogP contribution in [0.15, 0.2) is 75.6 Å². The fourth-order valence-electron chi connectivity index (χ4n) is 4.06. The molecule has 11 heteroatoms. The fraction of sp³-hybridized carbons (Fsp3) is 0.192. The number of halogens is 3. The van der Waals surface area contributed by atoms with E-state index in [2.05, 4.69) is 9.98 Å². The minimum atomic E-state index is -4.78. The summed E-state index contributed by atoms with van der Waals surface area (Å²) in [6.07, 6.45) is 0.104. The summed E-state index contributed by atoms with van der Waals surface area (Å²) in [5.74, 6) is 0. The van der Waals surface area contributed by atoms with Crippen LogP contribution in [-0.4, -0.2) is 40.3 Å². The highest BCUT2D eigenvalue weighted by Crippen LogP contribution is 2.35. The number of ether oxygens (including phenoxy) is 1. The first-order chi connectivity index (χ1) is 17.6. The van der Waals surface area contributed by atoms with E-state index >= 15 is 0 Å². The number of benzene rings is 1. The molecule has 0 spiro atoms. The molecule has 0 bridgehead atoms. The third kappa shape index (κ3) is 5.41. The van der Waals surface area contributed by atoms with E-state index in [1.165, 1.54) is 16.7 Å². The van der Waals surface area contributed by atoms with Gasteiger partial charge in [0.15, 0.2) is 0 Å². The Kier molecular flexibility index (Phi) is 7.16. The molecule has 0 atom stereocenters. The van der Waals surface area contributed by atoms with Crippen LogP contribution in [0.5, 0.6) is 0 Å². The number of nitrogens with two attached hydrogens (primary N) is 1. The normalized spacial score (nSPS) is 12.6. The van der Waals surface area contributed by atoms with Gasteiger partial charge in [0.05, 0.1) is 6.61 Å². The molecule has 0 amide bonds. The molecular weight excluding hydrogens is 487 g/mol. The summed E-state index contributed by atoms with van der Waals surface area (Å²) in [6.45, 7) is 0.683. The van der Waals surface area contributed by atoms with Crippen LogP contribution in [0.2, 0.25) is 0 Å². The van der Waals surface area contributed by atoms with E-state index in [0.29, 0.717) is 35.9 Å². The van der Waals surface area contributed by atoms with Gasteiger partial charge in [-0.1, -0.05) is 30.3 Å². The van der Waals surface area contributed by atoms with Crippen LogP contribution in [0.25, 0.3) is 38.7 Å². The number of alkyl halides is 3.